The quantitative estimate of drug-likeness (QED) is 0.506. The lowest BCUT2D eigenvalue weighted by Gasteiger charge is -2.39. The van der Waals surface area contributed by atoms with Gasteiger partial charge in [0.05, 0.1) is 18.4 Å². The first-order chi connectivity index (χ1) is 16.1. The minimum Gasteiger partial charge on any atom is -0.476 e. The highest BCUT2D eigenvalue weighted by Gasteiger charge is 2.40. The second kappa shape index (κ2) is 11.1. The maximum atomic E-state index is 13.0. The highest BCUT2D eigenvalue weighted by atomic mass is 16.5. The van der Waals surface area contributed by atoms with Crippen LogP contribution in [0.15, 0.2) is 18.2 Å². The van der Waals surface area contributed by atoms with Crippen LogP contribution in [0.5, 0.6) is 5.75 Å². The third-order valence-corrected chi connectivity index (χ3v) is 6.73. The zero-order valence-electron chi connectivity index (χ0n) is 21.5. The van der Waals surface area contributed by atoms with Crippen LogP contribution >= 0.6 is 0 Å². The molecule has 0 aromatic heterocycles. The van der Waals surface area contributed by atoms with Crippen molar-refractivity contribution in [2.45, 2.75) is 77.7 Å². The Labute approximate surface area is 203 Å². The fraction of sp³-hybridized carbons (Fsp3) is 0.692. The standard InChI is InChI=1S/C26H41N3O5/c1-25(2,23(30)27-5)15-19-9-10-20(16-28-19)33-17-18-8-11-22-21(14-18)29(12-7-13-32-6)24(31)26(3,4)34-22/h8,11,14,19-20,28H,7,9-10,12-13,15-17H2,1-6H3,(H,27,30)/t19?,20-/m1/s1. The molecular weight excluding hydrogens is 434 g/mol. The lowest BCUT2D eigenvalue weighted by molar-refractivity contribution is -0.132. The van der Waals surface area contributed by atoms with Gasteiger partial charge in [0.2, 0.25) is 5.91 Å². The summed E-state index contributed by atoms with van der Waals surface area (Å²) >= 11 is 0. The third-order valence-electron chi connectivity index (χ3n) is 6.73. The van der Waals surface area contributed by atoms with Crippen molar-refractivity contribution in [2.24, 2.45) is 5.41 Å². The van der Waals surface area contributed by atoms with Gasteiger partial charge >= 0.3 is 0 Å². The van der Waals surface area contributed by atoms with E-state index in [4.69, 9.17) is 14.2 Å². The Kier molecular flexibility index (Phi) is 8.60. The van der Waals surface area contributed by atoms with Crippen molar-refractivity contribution >= 4 is 17.5 Å². The molecule has 1 fully saturated rings. The number of rotatable bonds is 10. The van der Waals surface area contributed by atoms with Crippen LogP contribution in [-0.2, 0) is 25.7 Å². The summed E-state index contributed by atoms with van der Waals surface area (Å²) in [4.78, 5) is 26.9. The Morgan fingerprint density at radius 3 is 2.74 bits per heavy atom. The minimum atomic E-state index is -0.894. The summed E-state index contributed by atoms with van der Waals surface area (Å²) in [5, 5.41) is 6.31. The second-order valence-corrected chi connectivity index (χ2v) is 10.5. The van der Waals surface area contributed by atoms with Crippen LogP contribution in [0.1, 0.15) is 58.9 Å². The molecule has 1 aromatic rings. The van der Waals surface area contributed by atoms with E-state index in [1.807, 2.05) is 36.9 Å². The maximum absolute atomic E-state index is 13.0. The monoisotopic (exact) mass is 475 g/mol. The number of carbonyl (C=O) groups excluding carboxylic acids is 2. The Bertz CT molecular complexity index is 862. The molecular formula is C26H41N3O5. The van der Waals surface area contributed by atoms with Gasteiger partial charge in [-0.15, -0.1) is 0 Å². The summed E-state index contributed by atoms with van der Waals surface area (Å²) in [5.74, 6) is 0.741. The molecule has 2 atom stereocenters. The van der Waals surface area contributed by atoms with Crippen molar-refractivity contribution in [1.29, 1.82) is 0 Å². The van der Waals surface area contributed by atoms with Gasteiger partial charge in [-0.3, -0.25) is 9.59 Å². The van der Waals surface area contributed by atoms with Gasteiger partial charge in [0, 0.05) is 45.3 Å². The predicted octanol–water partition coefficient (Wildman–Crippen LogP) is 3.03. The van der Waals surface area contributed by atoms with Gasteiger partial charge in [0.25, 0.3) is 5.91 Å². The molecule has 1 aromatic carbocycles. The molecule has 0 spiro atoms. The van der Waals surface area contributed by atoms with E-state index in [9.17, 15) is 9.59 Å². The summed E-state index contributed by atoms with van der Waals surface area (Å²) in [5.41, 5.74) is 0.510. The lowest BCUT2D eigenvalue weighted by atomic mass is 9.82. The van der Waals surface area contributed by atoms with E-state index in [1.165, 1.54) is 0 Å². The number of amides is 2. The third kappa shape index (κ3) is 6.29. The molecule has 0 radical (unpaired) electrons. The SMILES string of the molecule is CNC(=O)C(C)(C)CC1CC[C@@H](OCc2ccc3c(c2)N(CCCOC)C(=O)C(C)(C)O3)CN1. The summed E-state index contributed by atoms with van der Waals surface area (Å²) in [6.07, 6.45) is 3.59. The number of anilines is 1. The van der Waals surface area contributed by atoms with E-state index in [1.54, 1.807) is 28.0 Å². The lowest BCUT2D eigenvalue weighted by Crippen LogP contribution is -2.52. The van der Waals surface area contributed by atoms with Crippen LogP contribution in [0.2, 0.25) is 0 Å². The number of hydrogen-bond donors (Lipinski definition) is 2. The number of carbonyl (C=O) groups is 2. The van der Waals surface area contributed by atoms with E-state index in [-0.39, 0.29) is 17.9 Å². The molecule has 1 saturated heterocycles. The number of piperidine rings is 1. The number of ether oxygens (including phenoxy) is 3. The molecule has 34 heavy (non-hydrogen) atoms. The van der Waals surface area contributed by atoms with Crippen LogP contribution in [0, 0.1) is 5.41 Å². The molecule has 0 saturated carbocycles. The summed E-state index contributed by atoms with van der Waals surface area (Å²) in [6, 6.07) is 6.24. The first-order valence-corrected chi connectivity index (χ1v) is 12.3. The van der Waals surface area contributed by atoms with E-state index >= 15 is 0 Å². The molecule has 8 heteroatoms. The van der Waals surface area contributed by atoms with E-state index in [0.29, 0.717) is 31.5 Å². The van der Waals surface area contributed by atoms with Gasteiger partial charge in [-0.1, -0.05) is 19.9 Å². The Balaban J connectivity index is 1.58. The van der Waals surface area contributed by atoms with Gasteiger partial charge in [0.15, 0.2) is 5.60 Å². The number of fused-ring (bicyclic) bond motifs is 1. The number of nitrogens with one attached hydrogen (secondary N) is 2. The van der Waals surface area contributed by atoms with Gasteiger partial charge < -0.3 is 29.7 Å². The van der Waals surface area contributed by atoms with Gasteiger partial charge in [-0.05, 0) is 57.2 Å². The fourth-order valence-corrected chi connectivity index (χ4v) is 4.76. The zero-order valence-corrected chi connectivity index (χ0v) is 21.5. The molecule has 2 N–H and O–H groups in total. The first kappa shape index (κ1) is 26.4. The van der Waals surface area contributed by atoms with Gasteiger partial charge in [-0.2, -0.15) is 0 Å². The summed E-state index contributed by atoms with van der Waals surface area (Å²) in [6.45, 7) is 9.99. The van der Waals surface area contributed by atoms with E-state index in [2.05, 4.69) is 10.6 Å². The molecule has 2 aliphatic rings. The van der Waals surface area contributed by atoms with E-state index < -0.39 is 11.0 Å². The first-order valence-electron chi connectivity index (χ1n) is 12.3. The smallest absolute Gasteiger partial charge is 0.270 e. The topological polar surface area (TPSA) is 89.1 Å². The number of nitrogens with zero attached hydrogens (tertiary/aromatic N) is 1. The van der Waals surface area contributed by atoms with Crippen LogP contribution in [-0.4, -0.2) is 63.4 Å². The molecule has 2 amide bonds. The van der Waals surface area contributed by atoms with Gasteiger partial charge in [-0.25, -0.2) is 0 Å². The van der Waals surface area contributed by atoms with Crippen molar-refractivity contribution in [3.63, 3.8) is 0 Å². The number of benzene rings is 1. The summed E-state index contributed by atoms with van der Waals surface area (Å²) in [7, 11) is 3.35. The molecule has 0 aliphatic carbocycles. The molecule has 0 bridgehead atoms. The van der Waals surface area contributed by atoms with Crippen molar-refractivity contribution in [2.75, 3.05) is 38.8 Å². The number of hydrogen-bond acceptors (Lipinski definition) is 6. The number of methoxy groups -OCH3 is 1. The Hall–Kier alpha value is -2.16. The molecule has 2 heterocycles. The zero-order chi connectivity index (χ0) is 24.9. The highest BCUT2D eigenvalue weighted by Crippen LogP contribution is 2.38. The molecule has 3 rings (SSSR count). The second-order valence-electron chi connectivity index (χ2n) is 10.5. The Morgan fingerprint density at radius 2 is 2.09 bits per heavy atom. The molecule has 8 nitrogen and oxygen atoms in total. The molecule has 190 valence electrons. The van der Waals surface area contributed by atoms with E-state index in [0.717, 1.165) is 43.5 Å². The predicted molar refractivity (Wildman–Crippen MR) is 132 cm³/mol. The van der Waals surface area contributed by atoms with Crippen LogP contribution in [0.3, 0.4) is 0 Å². The highest BCUT2D eigenvalue weighted by molar-refractivity contribution is 6.02. The van der Waals surface area contributed by atoms with Crippen molar-refractivity contribution in [3.05, 3.63) is 23.8 Å². The van der Waals surface area contributed by atoms with Crippen molar-refractivity contribution < 1.29 is 23.8 Å². The minimum absolute atomic E-state index is 0.0450. The van der Waals surface area contributed by atoms with Gasteiger partial charge in [0.1, 0.15) is 5.75 Å². The van der Waals surface area contributed by atoms with Crippen molar-refractivity contribution in [3.8, 4) is 5.75 Å². The average molecular weight is 476 g/mol. The van der Waals surface area contributed by atoms with Crippen LogP contribution < -0.4 is 20.3 Å². The maximum Gasteiger partial charge on any atom is 0.270 e. The molecule has 2 aliphatic heterocycles. The summed E-state index contributed by atoms with van der Waals surface area (Å²) < 4.78 is 17.4. The fourth-order valence-electron chi connectivity index (χ4n) is 4.76. The largest absolute Gasteiger partial charge is 0.476 e. The van der Waals surface area contributed by atoms with Crippen molar-refractivity contribution in [1.82, 2.24) is 10.6 Å². The van der Waals surface area contributed by atoms with Crippen LogP contribution in [0.4, 0.5) is 5.69 Å². The molecule has 1 unspecified atom stereocenters. The van der Waals surface area contributed by atoms with Crippen LogP contribution in [0.25, 0.3) is 0 Å². The normalized spacial score (nSPS) is 22.2. The Morgan fingerprint density at radius 1 is 1.32 bits per heavy atom. The average Bonchev–Trinajstić information content (AvgIpc) is 2.80.